The maximum atomic E-state index is 11.5. The van der Waals surface area contributed by atoms with E-state index in [1.54, 1.807) is 5.57 Å². The van der Waals surface area contributed by atoms with Gasteiger partial charge in [-0.05, 0) is 73.5 Å². The third-order valence-corrected chi connectivity index (χ3v) is 8.47. The minimum atomic E-state index is -0.265. The number of hydrogen-bond donors (Lipinski definition) is 0. The Morgan fingerprint density at radius 3 is 2.83 bits per heavy atom. The van der Waals surface area contributed by atoms with Crippen LogP contribution < -0.4 is 0 Å². The lowest BCUT2D eigenvalue weighted by molar-refractivity contribution is -0.148. The first-order valence-electron chi connectivity index (χ1n) is 9.91. The Hall–Kier alpha value is -0.500. The summed E-state index contributed by atoms with van der Waals surface area (Å²) >= 11 is 5.60. The molecule has 24 heavy (non-hydrogen) atoms. The molecule has 2 nitrogen and oxygen atoms in total. The van der Waals surface area contributed by atoms with E-state index in [-0.39, 0.29) is 18.0 Å². The average Bonchev–Trinajstić information content (AvgIpc) is 2.97. The Morgan fingerprint density at radius 2 is 2.04 bits per heavy atom. The highest BCUT2D eigenvalue weighted by Crippen LogP contribution is 2.64. The predicted octanol–water partition coefficient (Wildman–Crippen LogP) is 5.49. The van der Waals surface area contributed by atoms with Crippen molar-refractivity contribution in [2.45, 2.75) is 77.7 Å². The van der Waals surface area contributed by atoms with Crippen LogP contribution >= 0.6 is 11.6 Å². The Bertz CT molecular complexity index is 556. The molecular formula is C21H31ClO2. The van der Waals surface area contributed by atoms with Crippen molar-refractivity contribution in [3.8, 4) is 0 Å². The first-order valence-corrected chi connectivity index (χ1v) is 10.4. The van der Waals surface area contributed by atoms with Crippen LogP contribution in [0, 0.1) is 28.6 Å². The number of alkyl halides is 1. The van der Waals surface area contributed by atoms with Gasteiger partial charge in [-0.1, -0.05) is 31.9 Å². The molecule has 0 unspecified atom stereocenters. The topological polar surface area (TPSA) is 26.3 Å². The van der Waals surface area contributed by atoms with E-state index in [1.165, 1.54) is 44.9 Å². The zero-order chi connectivity index (χ0) is 16.9. The number of fused-ring (bicyclic) bond motifs is 5. The minimum absolute atomic E-state index is 0.0300. The van der Waals surface area contributed by atoms with Gasteiger partial charge in [0.1, 0.15) is 12.0 Å². The van der Waals surface area contributed by atoms with Crippen molar-refractivity contribution in [1.29, 1.82) is 0 Å². The van der Waals surface area contributed by atoms with E-state index in [9.17, 15) is 4.79 Å². The van der Waals surface area contributed by atoms with Crippen LogP contribution in [0.3, 0.4) is 0 Å². The zero-order valence-corrected chi connectivity index (χ0v) is 15.9. The summed E-state index contributed by atoms with van der Waals surface area (Å²) in [5.74, 6) is 2.38. The van der Waals surface area contributed by atoms with E-state index in [0.29, 0.717) is 10.8 Å². The molecule has 0 aromatic carbocycles. The first-order chi connectivity index (χ1) is 11.5. The van der Waals surface area contributed by atoms with Crippen LogP contribution in [0.15, 0.2) is 11.6 Å². The molecule has 0 spiro atoms. The third kappa shape index (κ3) is 2.55. The van der Waals surface area contributed by atoms with Gasteiger partial charge >= 0.3 is 5.97 Å². The lowest BCUT2D eigenvalue weighted by Gasteiger charge is -2.57. The van der Waals surface area contributed by atoms with Crippen molar-refractivity contribution < 1.29 is 9.53 Å². The molecule has 4 aliphatic carbocycles. The molecule has 6 atom stereocenters. The highest BCUT2D eigenvalue weighted by atomic mass is 35.5. The summed E-state index contributed by atoms with van der Waals surface area (Å²) in [7, 11) is 0. The van der Waals surface area contributed by atoms with E-state index in [1.807, 2.05) is 0 Å². The summed E-state index contributed by atoms with van der Waals surface area (Å²) in [5.41, 5.74) is 2.54. The Morgan fingerprint density at radius 1 is 1.21 bits per heavy atom. The van der Waals surface area contributed by atoms with Gasteiger partial charge < -0.3 is 4.74 Å². The van der Waals surface area contributed by atoms with Crippen LogP contribution in [-0.2, 0) is 9.53 Å². The number of esters is 1. The largest absolute Gasteiger partial charge is 0.461 e. The lowest BCUT2D eigenvalue weighted by Crippen LogP contribution is -2.49. The van der Waals surface area contributed by atoms with Gasteiger partial charge in [-0.2, -0.15) is 0 Å². The number of allylic oxidation sites excluding steroid dienone is 1. The fourth-order valence-electron chi connectivity index (χ4n) is 6.94. The molecule has 0 aromatic heterocycles. The number of halogens is 1. The fourth-order valence-corrected chi connectivity index (χ4v) is 7.00. The highest BCUT2D eigenvalue weighted by Gasteiger charge is 2.55. The summed E-state index contributed by atoms with van der Waals surface area (Å²) in [6.07, 6.45) is 14.1. The van der Waals surface area contributed by atoms with Crippen LogP contribution in [0.2, 0.25) is 0 Å². The maximum absolute atomic E-state index is 11.5. The van der Waals surface area contributed by atoms with Crippen molar-refractivity contribution in [3.63, 3.8) is 0 Å². The summed E-state index contributed by atoms with van der Waals surface area (Å²) in [6, 6.07) is 0. The van der Waals surface area contributed by atoms with Gasteiger partial charge in [-0.25, -0.2) is 0 Å². The van der Waals surface area contributed by atoms with E-state index < -0.39 is 0 Å². The van der Waals surface area contributed by atoms with E-state index in [2.05, 4.69) is 19.9 Å². The van der Waals surface area contributed by atoms with E-state index in [4.69, 9.17) is 16.3 Å². The molecule has 3 fully saturated rings. The molecule has 0 amide bonds. The van der Waals surface area contributed by atoms with Crippen LogP contribution in [0.5, 0.6) is 0 Å². The molecule has 0 radical (unpaired) electrons. The second-order valence-electron chi connectivity index (χ2n) is 9.33. The van der Waals surface area contributed by atoms with E-state index >= 15 is 0 Å². The number of rotatable bonds is 2. The van der Waals surface area contributed by atoms with Crippen molar-refractivity contribution in [1.82, 2.24) is 0 Å². The summed E-state index contributed by atoms with van der Waals surface area (Å²) in [6.45, 7) is 5.07. The number of ether oxygens (including phenoxy) is 1. The SMILES string of the molecule is C[C@@]12CCC[C@@H]1[C@H]1CC=C3C[C@H](OC(=O)CCl)CC[C@]3(C)[C@@H]1CC2. The normalized spacial score (nSPS) is 47.2. The summed E-state index contributed by atoms with van der Waals surface area (Å²) in [4.78, 5) is 11.5. The molecule has 0 aliphatic heterocycles. The Balaban J connectivity index is 1.55. The van der Waals surface area contributed by atoms with Crippen molar-refractivity contribution in [3.05, 3.63) is 11.6 Å². The fraction of sp³-hybridized carbons (Fsp3) is 0.857. The first kappa shape index (κ1) is 16.9. The number of carbonyl (C=O) groups excluding carboxylic acids is 1. The second kappa shape index (κ2) is 6.04. The third-order valence-electron chi connectivity index (χ3n) is 8.25. The van der Waals surface area contributed by atoms with Gasteiger partial charge in [-0.15, -0.1) is 11.6 Å². The summed E-state index contributed by atoms with van der Waals surface area (Å²) in [5, 5.41) is 0. The molecule has 0 saturated heterocycles. The maximum Gasteiger partial charge on any atom is 0.321 e. The Kier molecular flexibility index (Phi) is 4.26. The van der Waals surface area contributed by atoms with Crippen molar-refractivity contribution in [2.75, 3.05) is 5.88 Å². The predicted molar refractivity (Wildman–Crippen MR) is 96.9 cm³/mol. The van der Waals surface area contributed by atoms with Crippen molar-refractivity contribution >= 4 is 17.6 Å². The van der Waals surface area contributed by atoms with Crippen LogP contribution in [0.1, 0.15) is 71.6 Å². The highest BCUT2D eigenvalue weighted by molar-refractivity contribution is 6.26. The standard InChI is InChI=1S/C21H31ClO2/c1-20-9-3-4-17(20)16-6-5-14-12-15(24-19(23)13-22)7-11-21(14,2)18(16)8-10-20/h5,15-18H,3-4,6-13H2,1-2H3/t15-,16-,17-,18-,20+,21+/m1/s1. The minimum Gasteiger partial charge on any atom is -0.461 e. The van der Waals surface area contributed by atoms with Gasteiger partial charge in [0.2, 0.25) is 0 Å². The van der Waals surface area contributed by atoms with Gasteiger partial charge in [0.05, 0.1) is 0 Å². The van der Waals surface area contributed by atoms with Gasteiger partial charge in [0.15, 0.2) is 0 Å². The number of carbonyl (C=O) groups is 1. The zero-order valence-electron chi connectivity index (χ0n) is 15.2. The number of hydrogen-bond acceptors (Lipinski definition) is 2. The van der Waals surface area contributed by atoms with Gasteiger partial charge in [0.25, 0.3) is 0 Å². The molecule has 3 heteroatoms. The monoisotopic (exact) mass is 350 g/mol. The molecule has 134 valence electrons. The molecule has 0 aromatic rings. The van der Waals surface area contributed by atoms with Gasteiger partial charge in [-0.3, -0.25) is 4.79 Å². The van der Waals surface area contributed by atoms with Crippen LogP contribution in [0.25, 0.3) is 0 Å². The average molecular weight is 351 g/mol. The molecule has 0 N–H and O–H groups in total. The van der Waals surface area contributed by atoms with Crippen molar-refractivity contribution in [2.24, 2.45) is 28.6 Å². The molecule has 0 bridgehead atoms. The van der Waals surface area contributed by atoms with Gasteiger partial charge in [0, 0.05) is 6.42 Å². The summed E-state index contributed by atoms with van der Waals surface area (Å²) < 4.78 is 5.54. The molecule has 0 heterocycles. The van der Waals surface area contributed by atoms with Crippen LogP contribution in [-0.4, -0.2) is 18.0 Å². The molecular weight excluding hydrogens is 320 g/mol. The quantitative estimate of drug-likeness (QED) is 0.374. The smallest absolute Gasteiger partial charge is 0.321 e. The molecule has 4 aliphatic rings. The lowest BCUT2D eigenvalue weighted by atomic mass is 9.48. The van der Waals surface area contributed by atoms with E-state index in [0.717, 1.165) is 30.6 Å². The second-order valence-corrected chi connectivity index (χ2v) is 9.60. The molecule has 4 rings (SSSR count). The molecule has 3 saturated carbocycles. The van der Waals surface area contributed by atoms with Crippen LogP contribution in [0.4, 0.5) is 0 Å². The Labute approximate surface area is 151 Å².